The van der Waals surface area contributed by atoms with Gasteiger partial charge >= 0.3 is 0 Å². The summed E-state index contributed by atoms with van der Waals surface area (Å²) in [5.74, 6) is 0.693. The van der Waals surface area contributed by atoms with Gasteiger partial charge in [-0.3, -0.25) is 4.79 Å². The second-order valence-electron chi connectivity index (χ2n) is 5.10. The van der Waals surface area contributed by atoms with E-state index in [2.05, 4.69) is 0 Å². The van der Waals surface area contributed by atoms with E-state index in [1.165, 1.54) is 0 Å². The number of carbonyl (C=O) groups excluding carboxylic acids is 1. The molecule has 0 aromatic heterocycles. The molecule has 0 saturated heterocycles. The summed E-state index contributed by atoms with van der Waals surface area (Å²) in [5, 5.41) is 0. The van der Waals surface area contributed by atoms with Crippen molar-refractivity contribution in [1.29, 1.82) is 0 Å². The Balaban J connectivity index is 2.15. The lowest BCUT2D eigenvalue weighted by atomic mass is 10.1. The zero-order chi connectivity index (χ0) is 15.4. The number of hydrogen-bond acceptors (Lipinski definition) is 3. The highest BCUT2D eigenvalue weighted by Gasteiger charge is 2.15. The number of carbonyl (C=O) groups is 1. The number of nitrogen functional groups attached to an aromatic ring is 1. The van der Waals surface area contributed by atoms with E-state index in [4.69, 9.17) is 10.5 Å². The van der Waals surface area contributed by atoms with E-state index >= 15 is 0 Å². The molecule has 4 heteroatoms. The van der Waals surface area contributed by atoms with Gasteiger partial charge in [0.2, 0.25) is 0 Å². The summed E-state index contributed by atoms with van der Waals surface area (Å²) in [6, 6.07) is 13.1. The minimum absolute atomic E-state index is 0.0877. The number of anilines is 1. The van der Waals surface area contributed by atoms with Crippen LogP contribution in [0.3, 0.4) is 0 Å². The Hall–Kier alpha value is -2.49. The average molecular weight is 284 g/mol. The van der Waals surface area contributed by atoms with E-state index in [-0.39, 0.29) is 5.91 Å². The Morgan fingerprint density at radius 2 is 2.00 bits per heavy atom. The Morgan fingerprint density at radius 3 is 2.67 bits per heavy atom. The van der Waals surface area contributed by atoms with Crippen LogP contribution < -0.4 is 10.5 Å². The lowest BCUT2D eigenvalue weighted by molar-refractivity contribution is 0.0786. The van der Waals surface area contributed by atoms with Crippen LogP contribution >= 0.6 is 0 Å². The van der Waals surface area contributed by atoms with E-state index in [1.54, 1.807) is 25.1 Å². The number of methoxy groups -OCH3 is 1. The van der Waals surface area contributed by atoms with Gasteiger partial charge in [0, 0.05) is 19.3 Å². The highest BCUT2D eigenvalue weighted by molar-refractivity contribution is 5.99. The van der Waals surface area contributed by atoms with Crippen molar-refractivity contribution in [3.8, 4) is 5.75 Å². The van der Waals surface area contributed by atoms with E-state index in [0.717, 1.165) is 16.9 Å². The van der Waals surface area contributed by atoms with E-state index in [0.29, 0.717) is 17.8 Å². The molecule has 0 bridgehead atoms. The van der Waals surface area contributed by atoms with E-state index in [9.17, 15) is 4.79 Å². The van der Waals surface area contributed by atoms with Gasteiger partial charge in [-0.05, 0) is 42.3 Å². The molecule has 0 saturated carbocycles. The summed E-state index contributed by atoms with van der Waals surface area (Å²) in [4.78, 5) is 14.1. The lowest BCUT2D eigenvalue weighted by Gasteiger charge is -2.19. The fourth-order valence-electron chi connectivity index (χ4n) is 2.20. The van der Waals surface area contributed by atoms with Crippen molar-refractivity contribution in [1.82, 2.24) is 4.90 Å². The number of aryl methyl sites for hydroxylation is 1. The van der Waals surface area contributed by atoms with Crippen LogP contribution in [0.25, 0.3) is 0 Å². The Morgan fingerprint density at radius 1 is 1.24 bits per heavy atom. The van der Waals surface area contributed by atoms with Gasteiger partial charge in [-0.25, -0.2) is 0 Å². The zero-order valence-electron chi connectivity index (χ0n) is 12.6. The van der Waals surface area contributed by atoms with Gasteiger partial charge in [0.1, 0.15) is 5.75 Å². The van der Waals surface area contributed by atoms with Gasteiger partial charge in [-0.1, -0.05) is 18.2 Å². The third-order valence-electron chi connectivity index (χ3n) is 3.34. The summed E-state index contributed by atoms with van der Waals surface area (Å²) in [6.45, 7) is 2.45. The molecule has 110 valence electrons. The standard InChI is InChI=1S/C17H20N2O2/c1-12-7-8-15(16(18)9-12)17(20)19(2)11-13-5-4-6-14(10-13)21-3/h4-10H,11,18H2,1-3H3. The average Bonchev–Trinajstić information content (AvgIpc) is 2.46. The first-order valence-electron chi connectivity index (χ1n) is 6.76. The molecule has 0 aliphatic heterocycles. The second-order valence-corrected chi connectivity index (χ2v) is 5.10. The van der Waals surface area contributed by atoms with Crippen molar-refractivity contribution < 1.29 is 9.53 Å². The zero-order valence-corrected chi connectivity index (χ0v) is 12.6. The normalized spacial score (nSPS) is 10.2. The molecule has 0 aliphatic rings. The Bertz CT molecular complexity index is 653. The SMILES string of the molecule is COc1cccc(CN(C)C(=O)c2ccc(C)cc2N)c1. The molecule has 2 rings (SSSR count). The number of nitrogens with two attached hydrogens (primary N) is 1. The molecule has 21 heavy (non-hydrogen) atoms. The molecule has 0 radical (unpaired) electrons. The third-order valence-corrected chi connectivity index (χ3v) is 3.34. The maximum atomic E-state index is 12.5. The summed E-state index contributed by atoms with van der Waals surface area (Å²) in [6.07, 6.45) is 0. The monoisotopic (exact) mass is 284 g/mol. The van der Waals surface area contributed by atoms with Gasteiger partial charge in [0.15, 0.2) is 0 Å². The van der Waals surface area contributed by atoms with Crippen molar-refractivity contribution in [2.45, 2.75) is 13.5 Å². The predicted octanol–water partition coefficient (Wildman–Crippen LogP) is 2.86. The molecule has 2 N–H and O–H groups in total. The van der Waals surface area contributed by atoms with Gasteiger partial charge in [0.25, 0.3) is 5.91 Å². The number of amides is 1. The van der Waals surface area contributed by atoms with Crippen LogP contribution in [0.5, 0.6) is 5.75 Å². The summed E-state index contributed by atoms with van der Waals surface area (Å²) >= 11 is 0. The number of benzene rings is 2. The van der Waals surface area contributed by atoms with Crippen LogP contribution in [-0.2, 0) is 6.54 Å². The minimum Gasteiger partial charge on any atom is -0.497 e. The fraction of sp³-hybridized carbons (Fsp3) is 0.235. The molecule has 0 unspecified atom stereocenters. The second kappa shape index (κ2) is 6.31. The van der Waals surface area contributed by atoms with Gasteiger partial charge in [-0.2, -0.15) is 0 Å². The molecule has 0 atom stereocenters. The van der Waals surface area contributed by atoms with Gasteiger partial charge < -0.3 is 15.4 Å². The number of hydrogen-bond donors (Lipinski definition) is 1. The molecular weight excluding hydrogens is 264 g/mol. The molecule has 2 aromatic rings. The van der Waals surface area contributed by atoms with Crippen molar-refractivity contribution >= 4 is 11.6 Å². The molecule has 2 aromatic carbocycles. The number of rotatable bonds is 4. The summed E-state index contributed by atoms with van der Waals surface area (Å²) in [7, 11) is 3.39. The highest BCUT2D eigenvalue weighted by Crippen LogP contribution is 2.18. The molecule has 0 aliphatic carbocycles. The smallest absolute Gasteiger partial charge is 0.255 e. The van der Waals surface area contributed by atoms with Crippen molar-refractivity contribution in [3.05, 3.63) is 59.2 Å². The molecule has 0 fully saturated rings. The first kappa shape index (κ1) is 14.9. The number of ether oxygens (including phenoxy) is 1. The van der Waals surface area contributed by atoms with Crippen LogP contribution in [0.15, 0.2) is 42.5 Å². The summed E-state index contributed by atoms with van der Waals surface area (Å²) in [5.41, 5.74) is 9.03. The van der Waals surface area contributed by atoms with E-state index < -0.39 is 0 Å². The number of nitrogens with zero attached hydrogens (tertiary/aromatic N) is 1. The molecular formula is C17H20N2O2. The molecule has 4 nitrogen and oxygen atoms in total. The van der Waals surface area contributed by atoms with Crippen molar-refractivity contribution in [2.24, 2.45) is 0 Å². The maximum absolute atomic E-state index is 12.5. The first-order valence-corrected chi connectivity index (χ1v) is 6.76. The van der Waals surface area contributed by atoms with Crippen LogP contribution in [0.2, 0.25) is 0 Å². The van der Waals surface area contributed by atoms with Crippen LogP contribution in [0.1, 0.15) is 21.5 Å². The first-order chi connectivity index (χ1) is 10.0. The fourth-order valence-corrected chi connectivity index (χ4v) is 2.20. The Labute approximate surface area is 125 Å². The quantitative estimate of drug-likeness (QED) is 0.878. The van der Waals surface area contributed by atoms with Gasteiger partial charge in [-0.15, -0.1) is 0 Å². The molecule has 1 amide bonds. The highest BCUT2D eigenvalue weighted by atomic mass is 16.5. The largest absolute Gasteiger partial charge is 0.497 e. The van der Waals surface area contributed by atoms with Gasteiger partial charge in [0.05, 0.1) is 12.7 Å². The maximum Gasteiger partial charge on any atom is 0.255 e. The van der Waals surface area contributed by atoms with Crippen molar-refractivity contribution in [2.75, 3.05) is 19.9 Å². The van der Waals surface area contributed by atoms with Crippen LogP contribution in [0.4, 0.5) is 5.69 Å². The van der Waals surface area contributed by atoms with Crippen LogP contribution in [0, 0.1) is 6.92 Å². The topological polar surface area (TPSA) is 55.6 Å². The summed E-state index contributed by atoms with van der Waals surface area (Å²) < 4.78 is 5.19. The van der Waals surface area contributed by atoms with Crippen LogP contribution in [-0.4, -0.2) is 25.0 Å². The molecule has 0 heterocycles. The van der Waals surface area contributed by atoms with Crippen molar-refractivity contribution in [3.63, 3.8) is 0 Å². The Kier molecular flexibility index (Phi) is 4.48. The van der Waals surface area contributed by atoms with E-state index in [1.807, 2.05) is 43.3 Å². The predicted molar refractivity (Wildman–Crippen MR) is 84.4 cm³/mol. The third kappa shape index (κ3) is 3.54. The lowest BCUT2D eigenvalue weighted by Crippen LogP contribution is -2.27. The minimum atomic E-state index is -0.0877. The molecule has 0 spiro atoms.